The Hall–Kier alpha value is -0.740. The van der Waals surface area contributed by atoms with E-state index in [1.165, 1.54) is 6.07 Å². The van der Waals surface area contributed by atoms with Gasteiger partial charge in [0.2, 0.25) is 10.0 Å². The predicted molar refractivity (Wildman–Crippen MR) is 74.3 cm³/mol. The molecule has 0 saturated carbocycles. The number of nitrogens with zero attached hydrogens (tertiary/aromatic N) is 1. The molecule has 1 aliphatic rings. The minimum absolute atomic E-state index is 0.135. The Kier molecular flexibility index (Phi) is 3.60. The van der Waals surface area contributed by atoms with E-state index in [1.54, 1.807) is 0 Å². The fourth-order valence-corrected chi connectivity index (χ4v) is 3.42. The molecule has 2 rings (SSSR count). The number of halogens is 1. The molecule has 0 heterocycles. The zero-order chi connectivity index (χ0) is 13.5. The van der Waals surface area contributed by atoms with Gasteiger partial charge >= 0.3 is 0 Å². The molecule has 18 heavy (non-hydrogen) atoms. The van der Waals surface area contributed by atoms with Gasteiger partial charge in [-0.2, -0.15) is 0 Å². The summed E-state index contributed by atoms with van der Waals surface area (Å²) in [6.45, 7) is 0. The van der Waals surface area contributed by atoms with E-state index in [1.807, 2.05) is 0 Å². The number of rotatable bonds is 3. The van der Waals surface area contributed by atoms with Gasteiger partial charge in [-0.05, 0) is 30.4 Å². The van der Waals surface area contributed by atoms with Crippen LogP contribution in [0.2, 0.25) is 0 Å². The van der Waals surface area contributed by atoms with Crippen LogP contribution >= 0.6 is 22.6 Å². The van der Waals surface area contributed by atoms with E-state index >= 15 is 0 Å². The Balaban J connectivity index is 2.61. The molecule has 0 amide bonds. The molecule has 6 nitrogen and oxygen atoms in total. The van der Waals surface area contributed by atoms with Crippen LogP contribution in [0.25, 0.3) is 0 Å². The molecule has 1 aliphatic carbocycles. The number of alkyl halides is 1. The summed E-state index contributed by atoms with van der Waals surface area (Å²) in [4.78, 5) is 10.3. The molecule has 1 aromatic rings. The van der Waals surface area contributed by atoms with Crippen LogP contribution in [0.5, 0.6) is 0 Å². The first-order valence-electron chi connectivity index (χ1n) is 5.22. The predicted octanol–water partition coefficient (Wildman–Crippen LogP) is 1.39. The number of nitrogens with two attached hydrogens (primary N) is 1. The Morgan fingerprint density at radius 3 is 2.61 bits per heavy atom. The molecule has 0 bridgehead atoms. The fraction of sp³-hybridized carbons (Fsp3) is 0.400. The minimum Gasteiger partial charge on any atom is -0.258 e. The molecule has 0 radical (unpaired) electrons. The van der Waals surface area contributed by atoms with Crippen LogP contribution in [-0.4, -0.2) is 17.8 Å². The largest absolute Gasteiger partial charge is 0.274 e. The van der Waals surface area contributed by atoms with Crippen molar-refractivity contribution in [3.05, 3.63) is 33.4 Å². The van der Waals surface area contributed by atoms with E-state index in [2.05, 4.69) is 22.6 Å². The van der Waals surface area contributed by atoms with Gasteiger partial charge < -0.3 is 0 Å². The quantitative estimate of drug-likeness (QED) is 0.369. The van der Waals surface area contributed by atoms with Crippen LogP contribution in [0.3, 0.4) is 0 Å². The summed E-state index contributed by atoms with van der Waals surface area (Å²) in [7, 11) is -3.91. The van der Waals surface area contributed by atoms with E-state index in [-0.39, 0.29) is 10.6 Å². The molecular weight excluding hydrogens is 371 g/mol. The van der Waals surface area contributed by atoms with Crippen molar-refractivity contribution < 1.29 is 13.3 Å². The normalized spacial score (nSPS) is 18.7. The summed E-state index contributed by atoms with van der Waals surface area (Å²) >= 11 is 2.23. The summed E-state index contributed by atoms with van der Waals surface area (Å²) in [5.41, 5.74) is 1.24. The third-order valence-electron chi connectivity index (χ3n) is 3.04. The molecular formula is C10H11IN2O4S. The average molecular weight is 382 g/mol. The molecule has 0 aliphatic heterocycles. The van der Waals surface area contributed by atoms with Gasteiger partial charge in [-0.3, -0.25) is 10.1 Å². The van der Waals surface area contributed by atoms with Crippen LogP contribution in [-0.2, 0) is 22.9 Å². The number of fused-ring (bicyclic) bond motifs is 1. The summed E-state index contributed by atoms with van der Waals surface area (Å²) in [6, 6.07) is 2.52. The second kappa shape index (κ2) is 4.74. The molecule has 1 atom stereocenters. The lowest BCUT2D eigenvalue weighted by Gasteiger charge is -2.04. The van der Waals surface area contributed by atoms with Crippen molar-refractivity contribution in [2.75, 3.05) is 4.43 Å². The van der Waals surface area contributed by atoms with Gasteiger partial charge in [0.15, 0.2) is 0 Å². The molecule has 1 aromatic carbocycles. The Morgan fingerprint density at radius 1 is 1.44 bits per heavy atom. The lowest BCUT2D eigenvalue weighted by atomic mass is 10.1. The van der Waals surface area contributed by atoms with Crippen molar-refractivity contribution in [1.29, 1.82) is 0 Å². The molecule has 0 unspecified atom stereocenters. The van der Waals surface area contributed by atoms with Crippen LogP contribution in [0, 0.1) is 16.0 Å². The molecule has 2 N–H and O–H groups in total. The lowest BCUT2D eigenvalue weighted by Crippen LogP contribution is -2.13. The summed E-state index contributed by atoms with van der Waals surface area (Å²) in [6.07, 6.45) is 1.29. The number of nitro benzene ring substituents is 1. The van der Waals surface area contributed by atoms with Crippen molar-refractivity contribution in [2.24, 2.45) is 11.1 Å². The summed E-state index contributed by atoms with van der Waals surface area (Å²) in [5.74, 6) is 0.329. The maximum absolute atomic E-state index is 11.3. The highest BCUT2D eigenvalue weighted by atomic mass is 127. The van der Waals surface area contributed by atoms with Gasteiger partial charge in [-0.25, -0.2) is 13.6 Å². The number of hydrogen-bond acceptors (Lipinski definition) is 4. The molecule has 8 heteroatoms. The first kappa shape index (κ1) is 13.7. The molecule has 0 aromatic heterocycles. The summed E-state index contributed by atoms with van der Waals surface area (Å²) < 4.78 is 23.5. The SMILES string of the molecule is NS(=O)(=O)c1cc2c(c([N+](=O)[O-])c1)C[C@@H](CI)C2. The maximum Gasteiger partial charge on any atom is 0.274 e. The average Bonchev–Trinajstić information content (AvgIpc) is 2.68. The Morgan fingerprint density at radius 2 is 2.11 bits per heavy atom. The number of hydrogen-bond donors (Lipinski definition) is 1. The van der Waals surface area contributed by atoms with Crippen molar-refractivity contribution in [3.8, 4) is 0 Å². The number of nitro groups is 1. The third kappa shape index (κ3) is 2.50. The lowest BCUT2D eigenvalue weighted by molar-refractivity contribution is -0.385. The van der Waals surface area contributed by atoms with Gasteiger partial charge in [0.05, 0.1) is 9.82 Å². The minimum atomic E-state index is -3.91. The van der Waals surface area contributed by atoms with Gasteiger partial charge in [0.25, 0.3) is 5.69 Å². The first-order valence-corrected chi connectivity index (χ1v) is 8.29. The van der Waals surface area contributed by atoms with Crippen molar-refractivity contribution >= 4 is 38.3 Å². The van der Waals surface area contributed by atoms with Gasteiger partial charge in [-0.1, -0.05) is 22.6 Å². The second-order valence-corrected chi connectivity index (χ2v) is 6.75. The van der Waals surface area contributed by atoms with Crippen molar-refractivity contribution in [2.45, 2.75) is 17.7 Å². The topological polar surface area (TPSA) is 103 Å². The number of primary sulfonamides is 1. The Bertz CT molecular complexity index is 615. The first-order chi connectivity index (χ1) is 8.32. The fourth-order valence-electron chi connectivity index (χ4n) is 2.21. The highest BCUT2D eigenvalue weighted by Crippen LogP contribution is 2.36. The monoisotopic (exact) mass is 382 g/mol. The van der Waals surface area contributed by atoms with E-state index < -0.39 is 14.9 Å². The zero-order valence-corrected chi connectivity index (χ0v) is 12.3. The van der Waals surface area contributed by atoms with Gasteiger partial charge in [0, 0.05) is 16.1 Å². The smallest absolute Gasteiger partial charge is 0.258 e. The van der Waals surface area contributed by atoms with E-state index in [9.17, 15) is 18.5 Å². The van der Waals surface area contributed by atoms with Gasteiger partial charge in [-0.15, -0.1) is 0 Å². The zero-order valence-electron chi connectivity index (χ0n) is 9.30. The molecule has 0 spiro atoms. The van der Waals surface area contributed by atoms with Crippen LogP contribution in [0.4, 0.5) is 5.69 Å². The maximum atomic E-state index is 11.3. The number of benzene rings is 1. The molecule has 98 valence electrons. The van der Waals surface area contributed by atoms with Crippen molar-refractivity contribution in [1.82, 2.24) is 0 Å². The van der Waals surface area contributed by atoms with Crippen LogP contribution < -0.4 is 5.14 Å². The highest BCUT2D eigenvalue weighted by Gasteiger charge is 2.30. The Labute approximate surface area is 118 Å². The standard InChI is InChI=1S/C10H11IN2O4S/c11-5-6-1-7-3-8(18(12,16)17)4-10(13(14)15)9(7)2-6/h3-4,6H,1-2,5H2,(H2,12,16,17)/t6-/m0/s1. The summed E-state index contributed by atoms with van der Waals surface area (Å²) in [5, 5.41) is 16.0. The second-order valence-electron chi connectivity index (χ2n) is 4.31. The van der Waals surface area contributed by atoms with E-state index in [0.717, 1.165) is 16.1 Å². The third-order valence-corrected chi connectivity index (χ3v) is 5.18. The molecule has 0 fully saturated rings. The molecule has 0 saturated heterocycles. The van der Waals surface area contributed by atoms with Crippen LogP contribution in [0.15, 0.2) is 17.0 Å². The number of sulfonamides is 1. The van der Waals surface area contributed by atoms with E-state index in [0.29, 0.717) is 24.3 Å². The van der Waals surface area contributed by atoms with Gasteiger partial charge in [0.1, 0.15) is 0 Å². The highest BCUT2D eigenvalue weighted by molar-refractivity contribution is 14.1. The van der Waals surface area contributed by atoms with E-state index in [4.69, 9.17) is 5.14 Å². The van der Waals surface area contributed by atoms with Crippen LogP contribution in [0.1, 0.15) is 11.1 Å². The van der Waals surface area contributed by atoms with Crippen molar-refractivity contribution in [3.63, 3.8) is 0 Å².